The summed E-state index contributed by atoms with van der Waals surface area (Å²) in [5, 5.41) is 2.96. The number of amides is 1. The molecule has 1 amide bonds. The SMILES string of the molecule is COc1ccc(CCC(=O)NC(C)(C)C)cc1C. The largest absolute Gasteiger partial charge is 0.496 e. The van der Waals surface area contributed by atoms with Gasteiger partial charge in [-0.3, -0.25) is 4.79 Å². The van der Waals surface area contributed by atoms with E-state index in [1.165, 1.54) is 0 Å². The minimum Gasteiger partial charge on any atom is -0.496 e. The summed E-state index contributed by atoms with van der Waals surface area (Å²) in [7, 11) is 1.67. The molecule has 100 valence electrons. The van der Waals surface area contributed by atoms with Gasteiger partial charge in [-0.2, -0.15) is 0 Å². The lowest BCUT2D eigenvalue weighted by atomic mass is 10.0. The maximum Gasteiger partial charge on any atom is 0.220 e. The Balaban J connectivity index is 2.54. The van der Waals surface area contributed by atoms with Crippen molar-refractivity contribution in [3.63, 3.8) is 0 Å². The van der Waals surface area contributed by atoms with Gasteiger partial charge in [-0.25, -0.2) is 0 Å². The maximum atomic E-state index is 11.7. The molecule has 1 aromatic rings. The molecule has 0 aliphatic rings. The highest BCUT2D eigenvalue weighted by molar-refractivity contribution is 5.76. The van der Waals surface area contributed by atoms with E-state index in [-0.39, 0.29) is 11.4 Å². The smallest absolute Gasteiger partial charge is 0.220 e. The Morgan fingerprint density at radius 1 is 1.33 bits per heavy atom. The first-order valence-electron chi connectivity index (χ1n) is 6.26. The van der Waals surface area contributed by atoms with Crippen molar-refractivity contribution in [2.24, 2.45) is 0 Å². The van der Waals surface area contributed by atoms with E-state index in [4.69, 9.17) is 4.74 Å². The Hall–Kier alpha value is -1.51. The second-order valence-corrected chi connectivity index (χ2v) is 5.60. The van der Waals surface area contributed by atoms with Crippen molar-refractivity contribution < 1.29 is 9.53 Å². The summed E-state index contributed by atoms with van der Waals surface area (Å²) >= 11 is 0. The fourth-order valence-corrected chi connectivity index (χ4v) is 1.83. The van der Waals surface area contributed by atoms with E-state index in [9.17, 15) is 4.79 Å². The molecule has 0 fully saturated rings. The Labute approximate surface area is 110 Å². The van der Waals surface area contributed by atoms with Gasteiger partial charge in [-0.1, -0.05) is 12.1 Å². The van der Waals surface area contributed by atoms with Crippen LogP contribution in [0.3, 0.4) is 0 Å². The van der Waals surface area contributed by atoms with E-state index in [0.29, 0.717) is 6.42 Å². The molecule has 3 nitrogen and oxygen atoms in total. The maximum absolute atomic E-state index is 11.7. The normalized spacial score (nSPS) is 11.2. The number of hydrogen-bond donors (Lipinski definition) is 1. The number of carbonyl (C=O) groups is 1. The van der Waals surface area contributed by atoms with E-state index < -0.39 is 0 Å². The summed E-state index contributed by atoms with van der Waals surface area (Å²) in [4.78, 5) is 11.7. The number of aryl methyl sites for hydroxylation is 2. The molecular weight excluding hydrogens is 226 g/mol. The lowest BCUT2D eigenvalue weighted by molar-refractivity contribution is -0.122. The first kappa shape index (κ1) is 14.6. The number of hydrogen-bond acceptors (Lipinski definition) is 2. The van der Waals surface area contributed by atoms with Crippen LogP contribution in [0.15, 0.2) is 18.2 Å². The summed E-state index contributed by atoms with van der Waals surface area (Å²) in [6, 6.07) is 6.03. The fraction of sp³-hybridized carbons (Fsp3) is 0.533. The number of methoxy groups -OCH3 is 1. The Kier molecular flexibility index (Phi) is 4.76. The molecule has 0 unspecified atom stereocenters. The molecule has 0 radical (unpaired) electrons. The van der Waals surface area contributed by atoms with Gasteiger partial charge in [-0.15, -0.1) is 0 Å². The van der Waals surface area contributed by atoms with E-state index in [0.717, 1.165) is 23.3 Å². The molecule has 0 spiro atoms. The van der Waals surface area contributed by atoms with Crippen LogP contribution in [0.1, 0.15) is 38.3 Å². The predicted molar refractivity (Wildman–Crippen MR) is 73.9 cm³/mol. The van der Waals surface area contributed by atoms with Crippen LogP contribution in [0.25, 0.3) is 0 Å². The van der Waals surface area contributed by atoms with Gasteiger partial charge in [0.15, 0.2) is 0 Å². The standard InChI is InChI=1S/C15H23NO2/c1-11-10-12(6-8-13(11)18-5)7-9-14(17)16-15(2,3)4/h6,8,10H,7,9H2,1-5H3,(H,16,17). The van der Waals surface area contributed by atoms with Gasteiger partial charge in [0.05, 0.1) is 7.11 Å². The third kappa shape index (κ3) is 4.78. The van der Waals surface area contributed by atoms with Crippen LogP contribution in [0.4, 0.5) is 0 Å². The minimum atomic E-state index is -0.160. The molecule has 0 bridgehead atoms. The van der Waals surface area contributed by atoms with Crippen LogP contribution < -0.4 is 10.1 Å². The highest BCUT2D eigenvalue weighted by Crippen LogP contribution is 2.19. The van der Waals surface area contributed by atoms with Gasteiger partial charge >= 0.3 is 0 Å². The molecule has 0 atom stereocenters. The highest BCUT2D eigenvalue weighted by atomic mass is 16.5. The number of rotatable bonds is 4. The summed E-state index contributed by atoms with van der Waals surface area (Å²) in [6.45, 7) is 7.98. The molecular formula is C15H23NO2. The predicted octanol–water partition coefficient (Wildman–Crippen LogP) is 2.85. The summed E-state index contributed by atoms with van der Waals surface area (Å²) < 4.78 is 5.21. The molecule has 1 aromatic carbocycles. The van der Waals surface area contributed by atoms with Crippen molar-refractivity contribution in [2.75, 3.05) is 7.11 Å². The van der Waals surface area contributed by atoms with E-state index in [1.54, 1.807) is 7.11 Å². The third-order valence-corrected chi connectivity index (χ3v) is 2.61. The minimum absolute atomic E-state index is 0.0935. The van der Waals surface area contributed by atoms with Crippen molar-refractivity contribution in [3.05, 3.63) is 29.3 Å². The number of nitrogens with one attached hydrogen (secondary N) is 1. The lowest BCUT2D eigenvalue weighted by Crippen LogP contribution is -2.40. The molecule has 0 aliphatic heterocycles. The first-order chi connectivity index (χ1) is 8.31. The second-order valence-electron chi connectivity index (χ2n) is 5.60. The zero-order valence-electron chi connectivity index (χ0n) is 12.0. The van der Waals surface area contributed by atoms with Gasteiger partial charge in [-0.05, 0) is 51.3 Å². The average Bonchev–Trinajstić information content (AvgIpc) is 2.24. The van der Waals surface area contributed by atoms with Crippen molar-refractivity contribution in [1.29, 1.82) is 0 Å². The molecule has 18 heavy (non-hydrogen) atoms. The zero-order valence-corrected chi connectivity index (χ0v) is 12.0. The van der Waals surface area contributed by atoms with Crippen molar-refractivity contribution in [1.82, 2.24) is 5.32 Å². The average molecular weight is 249 g/mol. The molecule has 0 aliphatic carbocycles. The monoisotopic (exact) mass is 249 g/mol. The molecule has 0 saturated heterocycles. The third-order valence-electron chi connectivity index (χ3n) is 2.61. The van der Waals surface area contributed by atoms with Gasteiger partial charge < -0.3 is 10.1 Å². The second kappa shape index (κ2) is 5.89. The lowest BCUT2D eigenvalue weighted by Gasteiger charge is -2.20. The molecule has 3 heteroatoms. The number of ether oxygens (including phenoxy) is 1. The molecule has 0 saturated carbocycles. The quantitative estimate of drug-likeness (QED) is 0.891. The van der Waals surface area contributed by atoms with Crippen molar-refractivity contribution >= 4 is 5.91 Å². The van der Waals surface area contributed by atoms with Gasteiger partial charge in [0.25, 0.3) is 0 Å². The summed E-state index contributed by atoms with van der Waals surface area (Å²) in [6.07, 6.45) is 1.27. The van der Waals surface area contributed by atoms with Gasteiger partial charge in [0, 0.05) is 12.0 Å². The van der Waals surface area contributed by atoms with Gasteiger partial charge in [0.2, 0.25) is 5.91 Å². The molecule has 1 N–H and O–H groups in total. The van der Waals surface area contributed by atoms with Crippen molar-refractivity contribution in [3.8, 4) is 5.75 Å². The Morgan fingerprint density at radius 2 is 2.00 bits per heavy atom. The molecule has 0 heterocycles. The molecule has 1 rings (SSSR count). The topological polar surface area (TPSA) is 38.3 Å². The Morgan fingerprint density at radius 3 is 2.50 bits per heavy atom. The van der Waals surface area contributed by atoms with Crippen LogP contribution >= 0.6 is 0 Å². The fourth-order valence-electron chi connectivity index (χ4n) is 1.83. The van der Waals surface area contributed by atoms with Crippen LogP contribution in [0.5, 0.6) is 5.75 Å². The van der Waals surface area contributed by atoms with E-state index >= 15 is 0 Å². The number of benzene rings is 1. The highest BCUT2D eigenvalue weighted by Gasteiger charge is 2.13. The molecule has 0 aromatic heterocycles. The van der Waals surface area contributed by atoms with E-state index in [1.807, 2.05) is 39.8 Å². The number of carbonyl (C=O) groups excluding carboxylic acids is 1. The van der Waals surface area contributed by atoms with Crippen LogP contribution in [0.2, 0.25) is 0 Å². The van der Waals surface area contributed by atoms with Gasteiger partial charge in [0.1, 0.15) is 5.75 Å². The zero-order chi connectivity index (χ0) is 13.8. The van der Waals surface area contributed by atoms with E-state index in [2.05, 4.69) is 11.4 Å². The first-order valence-corrected chi connectivity index (χ1v) is 6.26. The van der Waals surface area contributed by atoms with Crippen LogP contribution in [0, 0.1) is 6.92 Å². The van der Waals surface area contributed by atoms with Crippen molar-refractivity contribution in [2.45, 2.75) is 46.1 Å². The van der Waals surface area contributed by atoms with Crippen LogP contribution in [-0.4, -0.2) is 18.6 Å². The summed E-state index contributed by atoms with van der Waals surface area (Å²) in [5.74, 6) is 0.980. The summed E-state index contributed by atoms with van der Waals surface area (Å²) in [5.41, 5.74) is 2.11. The Bertz CT molecular complexity index is 419. The van der Waals surface area contributed by atoms with Crippen LogP contribution in [-0.2, 0) is 11.2 Å².